The van der Waals surface area contributed by atoms with E-state index >= 15 is 0 Å². The lowest BCUT2D eigenvalue weighted by atomic mass is 9.60. The van der Waals surface area contributed by atoms with Crippen molar-refractivity contribution < 1.29 is 27.5 Å². The highest BCUT2D eigenvalue weighted by molar-refractivity contribution is 6.62. The van der Waals surface area contributed by atoms with E-state index in [9.17, 15) is 0 Å². The van der Waals surface area contributed by atoms with Gasteiger partial charge in [-0.1, -0.05) is 166 Å². The monoisotopic (exact) mass is 827 g/mol. The number of rotatable bonds is 39. The second-order valence-corrected chi connectivity index (χ2v) is 22.2. The van der Waals surface area contributed by atoms with Gasteiger partial charge in [0.05, 0.1) is 13.2 Å². The Morgan fingerprint density at radius 3 is 1.21 bits per heavy atom. The maximum absolute atomic E-state index is 6.84. The topological polar surface area (TPSA) is 58.7 Å². The summed E-state index contributed by atoms with van der Waals surface area (Å²) in [5.41, 5.74) is 0.240. The fourth-order valence-electron chi connectivity index (χ4n) is 11.4. The summed E-state index contributed by atoms with van der Waals surface area (Å²) in [6.07, 6.45) is 25.7. The number of epoxide rings is 1. The molecule has 1 saturated heterocycles. The largest absolute Gasteiger partial charge is 0.503 e. The molecule has 0 radical (unpaired) electrons. The van der Waals surface area contributed by atoms with Gasteiger partial charge in [-0.25, -0.2) is 0 Å². The van der Waals surface area contributed by atoms with E-state index in [1.165, 1.54) is 122 Å². The molecular formula is C50H102O6Si. The zero-order chi connectivity index (χ0) is 42.9. The summed E-state index contributed by atoms with van der Waals surface area (Å²) in [7, 11) is 2.59. The van der Waals surface area contributed by atoms with Gasteiger partial charge in [-0.05, 0) is 93.3 Å². The van der Waals surface area contributed by atoms with Crippen LogP contribution in [0.15, 0.2) is 0 Å². The van der Waals surface area contributed by atoms with E-state index in [0.29, 0.717) is 66.5 Å². The van der Waals surface area contributed by atoms with E-state index in [1.807, 2.05) is 21.3 Å². The predicted molar refractivity (Wildman–Crippen MR) is 247 cm³/mol. The molecule has 0 aromatic rings. The molecule has 57 heavy (non-hydrogen) atoms. The van der Waals surface area contributed by atoms with Crippen molar-refractivity contribution in [3.63, 3.8) is 0 Å². The highest BCUT2D eigenvalue weighted by atomic mass is 28.4. The van der Waals surface area contributed by atoms with Crippen LogP contribution in [-0.4, -0.2) is 61.8 Å². The quantitative estimate of drug-likeness (QED) is 0.0266. The van der Waals surface area contributed by atoms with Crippen LogP contribution in [0.1, 0.15) is 212 Å². The number of unbranched alkanes of at least 4 members (excludes halogenated alkanes) is 10. The minimum absolute atomic E-state index is 0.226. The van der Waals surface area contributed by atoms with Gasteiger partial charge >= 0.3 is 8.80 Å². The van der Waals surface area contributed by atoms with E-state index < -0.39 is 14.6 Å². The molecule has 0 spiro atoms. The van der Waals surface area contributed by atoms with Crippen LogP contribution >= 0.6 is 0 Å². The molecule has 0 amide bonds. The molecule has 1 aliphatic rings. The normalized spacial score (nSPS) is 21.2. The van der Waals surface area contributed by atoms with Crippen molar-refractivity contribution in [1.82, 2.24) is 0 Å². The van der Waals surface area contributed by atoms with E-state index in [4.69, 9.17) is 27.5 Å². The Morgan fingerprint density at radius 2 is 0.860 bits per heavy atom. The molecule has 1 fully saturated rings. The first-order chi connectivity index (χ1) is 27.4. The molecule has 1 aliphatic heterocycles. The molecule has 1 heterocycles. The van der Waals surface area contributed by atoms with Crippen LogP contribution in [0.4, 0.5) is 0 Å². The molecule has 0 aromatic carbocycles. The third-order valence-corrected chi connectivity index (χ3v) is 18.4. The van der Waals surface area contributed by atoms with Crippen LogP contribution in [0, 0.1) is 53.3 Å². The second-order valence-electron chi connectivity index (χ2n) is 18.9. The molecule has 342 valence electrons. The van der Waals surface area contributed by atoms with Crippen molar-refractivity contribution >= 4 is 8.80 Å². The van der Waals surface area contributed by atoms with Gasteiger partial charge in [0, 0.05) is 39.4 Å². The second kappa shape index (κ2) is 30.9. The molecular weight excluding hydrogens is 725 g/mol. The molecule has 0 N–H and O–H groups in total. The van der Waals surface area contributed by atoms with Gasteiger partial charge < -0.3 is 27.5 Å². The molecule has 0 aliphatic carbocycles. The summed E-state index contributed by atoms with van der Waals surface area (Å²) in [4.78, 5) is 0. The van der Waals surface area contributed by atoms with Crippen LogP contribution in [0.2, 0.25) is 5.54 Å². The SMILES string of the molecule is CCCCCC(C(C)C(CCCCC)C(C)C(CCCCC)C(C)[Si](OC)(OC)OC)C(C)C(CCCCC)C(C)C(CCCCC)C(C)(OCC)OCC1CO1. The Labute approximate surface area is 358 Å². The Kier molecular flexibility index (Phi) is 29.8. The third kappa shape index (κ3) is 18.1. The lowest BCUT2D eigenvalue weighted by Gasteiger charge is -2.48. The van der Waals surface area contributed by atoms with Crippen LogP contribution in [0.3, 0.4) is 0 Å². The minimum atomic E-state index is -2.85. The van der Waals surface area contributed by atoms with Crippen molar-refractivity contribution in [3.05, 3.63) is 0 Å². The minimum Gasteiger partial charge on any atom is -0.377 e. The maximum atomic E-state index is 6.84. The lowest BCUT2D eigenvalue weighted by molar-refractivity contribution is -0.269. The smallest absolute Gasteiger partial charge is 0.377 e. The predicted octanol–water partition coefficient (Wildman–Crippen LogP) is 14.9. The summed E-state index contributed by atoms with van der Waals surface area (Å²) in [5, 5.41) is 0. The number of hydrogen-bond acceptors (Lipinski definition) is 6. The summed E-state index contributed by atoms with van der Waals surface area (Å²) < 4.78 is 37.9. The van der Waals surface area contributed by atoms with Crippen molar-refractivity contribution in [2.75, 3.05) is 41.2 Å². The van der Waals surface area contributed by atoms with Gasteiger partial charge in [-0.3, -0.25) is 0 Å². The fourth-order valence-corrected chi connectivity index (χ4v) is 14.0. The zero-order valence-electron chi connectivity index (χ0n) is 41.1. The zero-order valence-corrected chi connectivity index (χ0v) is 42.1. The Bertz CT molecular complexity index is 936. The van der Waals surface area contributed by atoms with Gasteiger partial charge in [0.2, 0.25) is 0 Å². The summed E-state index contributed by atoms with van der Waals surface area (Å²) in [6, 6.07) is 0. The van der Waals surface area contributed by atoms with Gasteiger partial charge in [-0.2, -0.15) is 0 Å². The van der Waals surface area contributed by atoms with Crippen LogP contribution in [0.5, 0.6) is 0 Å². The van der Waals surface area contributed by atoms with Crippen molar-refractivity contribution in [1.29, 1.82) is 0 Å². The fraction of sp³-hybridized carbons (Fsp3) is 1.00. The Balaban J connectivity index is 3.85. The lowest BCUT2D eigenvalue weighted by Crippen LogP contribution is -2.51. The van der Waals surface area contributed by atoms with Gasteiger partial charge in [-0.15, -0.1) is 0 Å². The number of hydrogen-bond donors (Lipinski definition) is 0. The highest BCUT2D eigenvalue weighted by Gasteiger charge is 2.51. The van der Waals surface area contributed by atoms with E-state index in [0.717, 1.165) is 13.0 Å². The molecule has 0 saturated carbocycles. The molecule has 1 rings (SSSR count). The molecule has 7 heteroatoms. The first-order valence-electron chi connectivity index (χ1n) is 24.9. The first-order valence-corrected chi connectivity index (χ1v) is 26.7. The third-order valence-electron chi connectivity index (χ3n) is 15.2. The van der Waals surface area contributed by atoms with Gasteiger partial charge in [0.25, 0.3) is 0 Å². The Morgan fingerprint density at radius 1 is 0.509 bits per heavy atom. The molecule has 0 bridgehead atoms. The van der Waals surface area contributed by atoms with Crippen molar-refractivity contribution in [2.24, 2.45) is 53.3 Å². The van der Waals surface area contributed by atoms with Gasteiger partial charge in [0.1, 0.15) is 6.10 Å². The van der Waals surface area contributed by atoms with E-state index in [-0.39, 0.29) is 11.6 Å². The average Bonchev–Trinajstić information content (AvgIpc) is 4.04. The molecule has 6 nitrogen and oxygen atoms in total. The summed E-state index contributed by atoms with van der Waals surface area (Å²) in [5.74, 6) is 4.39. The highest BCUT2D eigenvalue weighted by Crippen LogP contribution is 2.50. The van der Waals surface area contributed by atoms with Crippen LogP contribution in [-0.2, 0) is 27.5 Å². The van der Waals surface area contributed by atoms with Gasteiger partial charge in [0.15, 0.2) is 5.79 Å². The average molecular weight is 827 g/mol. The van der Waals surface area contributed by atoms with Crippen molar-refractivity contribution in [2.45, 2.75) is 229 Å². The summed E-state index contributed by atoms with van der Waals surface area (Å²) >= 11 is 0. The summed E-state index contributed by atoms with van der Waals surface area (Å²) in [6.45, 7) is 31.3. The molecule has 12 atom stereocenters. The maximum Gasteiger partial charge on any atom is 0.503 e. The Hall–Kier alpha value is -0.0231. The van der Waals surface area contributed by atoms with E-state index in [1.54, 1.807) is 0 Å². The molecule has 0 aromatic heterocycles. The molecule has 12 unspecified atom stereocenters. The van der Waals surface area contributed by atoms with Crippen molar-refractivity contribution in [3.8, 4) is 0 Å². The van der Waals surface area contributed by atoms with Crippen LogP contribution in [0.25, 0.3) is 0 Å². The number of ether oxygens (including phenoxy) is 3. The van der Waals surface area contributed by atoms with Crippen LogP contribution < -0.4 is 0 Å². The van der Waals surface area contributed by atoms with E-state index in [2.05, 4.69) is 83.1 Å². The first kappa shape index (κ1) is 55.0. The standard InChI is InChI=1S/C50H102O6Si/c1-16-22-27-32-45(39(7)46(33-28-23-17-2)41(9)48(35-30-25-19-4)43(11)57(51-13,52-14)53-15)40(8)47(34-29-24-18-3)42(10)49(36-31-26-20-5)50(12,55-21-6)56-38-44-37-54-44/h39-49H,16-38H2,1-15H3.